The number of carbonyl (C=O) groups is 1. The van der Waals surface area contributed by atoms with Crippen LogP contribution >= 0.6 is 11.3 Å². The average Bonchev–Trinajstić information content (AvgIpc) is 2.86. The maximum absolute atomic E-state index is 12.4. The summed E-state index contributed by atoms with van der Waals surface area (Å²) in [6, 6.07) is 7.36. The molecule has 0 saturated heterocycles. The Labute approximate surface area is 135 Å². The number of amides is 1. The third-order valence-electron chi connectivity index (χ3n) is 3.64. The van der Waals surface area contributed by atoms with Crippen molar-refractivity contribution in [3.63, 3.8) is 0 Å². The van der Waals surface area contributed by atoms with Crippen molar-refractivity contribution in [1.82, 2.24) is 5.32 Å². The number of thiophene rings is 1. The molecule has 1 atom stereocenters. The SMILES string of the molecule is COc1ccc(C(C)NC(=O)c2cc(C)c(C)s2)c(OC)c1. The number of benzene rings is 1. The largest absolute Gasteiger partial charge is 0.497 e. The number of carbonyl (C=O) groups excluding carboxylic acids is 1. The van der Waals surface area contributed by atoms with Crippen molar-refractivity contribution in [2.45, 2.75) is 26.8 Å². The van der Waals surface area contributed by atoms with Gasteiger partial charge in [0, 0.05) is 16.5 Å². The second-order valence-electron chi connectivity index (χ2n) is 5.15. The predicted octanol–water partition coefficient (Wildman–Crippen LogP) is 3.87. The van der Waals surface area contributed by atoms with E-state index in [0.717, 1.165) is 21.8 Å². The Morgan fingerprint density at radius 2 is 1.91 bits per heavy atom. The summed E-state index contributed by atoms with van der Waals surface area (Å²) >= 11 is 1.51. The highest BCUT2D eigenvalue weighted by molar-refractivity contribution is 7.14. The average molecular weight is 319 g/mol. The first-order chi connectivity index (χ1) is 10.5. The van der Waals surface area contributed by atoms with Gasteiger partial charge < -0.3 is 14.8 Å². The van der Waals surface area contributed by atoms with Crippen molar-refractivity contribution < 1.29 is 14.3 Å². The summed E-state index contributed by atoms with van der Waals surface area (Å²) in [6.07, 6.45) is 0. The van der Waals surface area contributed by atoms with E-state index in [1.807, 2.05) is 45.0 Å². The number of nitrogens with one attached hydrogen (secondary N) is 1. The van der Waals surface area contributed by atoms with Gasteiger partial charge >= 0.3 is 0 Å². The van der Waals surface area contributed by atoms with Crippen LogP contribution in [0.4, 0.5) is 0 Å². The van der Waals surface area contributed by atoms with Gasteiger partial charge in [-0.2, -0.15) is 0 Å². The lowest BCUT2D eigenvalue weighted by atomic mass is 10.1. The van der Waals surface area contributed by atoms with Crippen LogP contribution in [-0.4, -0.2) is 20.1 Å². The molecule has 0 bridgehead atoms. The van der Waals surface area contributed by atoms with E-state index >= 15 is 0 Å². The smallest absolute Gasteiger partial charge is 0.261 e. The fourth-order valence-corrected chi connectivity index (χ4v) is 3.14. The Morgan fingerprint density at radius 3 is 2.45 bits per heavy atom. The maximum Gasteiger partial charge on any atom is 0.261 e. The van der Waals surface area contributed by atoms with Crippen LogP contribution in [0.15, 0.2) is 24.3 Å². The van der Waals surface area contributed by atoms with Gasteiger partial charge in [-0.25, -0.2) is 0 Å². The molecular formula is C17H21NO3S. The normalized spacial score (nSPS) is 11.9. The molecular weight excluding hydrogens is 298 g/mol. The molecule has 1 aromatic heterocycles. The first-order valence-electron chi connectivity index (χ1n) is 7.06. The van der Waals surface area contributed by atoms with Crippen LogP contribution in [0.1, 0.15) is 38.6 Å². The molecule has 0 saturated carbocycles. The van der Waals surface area contributed by atoms with E-state index in [4.69, 9.17) is 9.47 Å². The summed E-state index contributed by atoms with van der Waals surface area (Å²) in [4.78, 5) is 14.2. The molecule has 0 fully saturated rings. The van der Waals surface area contributed by atoms with Crippen LogP contribution in [0.2, 0.25) is 0 Å². The lowest BCUT2D eigenvalue weighted by molar-refractivity contribution is 0.0943. The van der Waals surface area contributed by atoms with E-state index < -0.39 is 0 Å². The summed E-state index contributed by atoms with van der Waals surface area (Å²) in [5.41, 5.74) is 2.06. The highest BCUT2D eigenvalue weighted by Crippen LogP contribution is 2.30. The van der Waals surface area contributed by atoms with Gasteiger partial charge in [0.2, 0.25) is 0 Å². The number of hydrogen-bond donors (Lipinski definition) is 1. The van der Waals surface area contributed by atoms with E-state index in [1.54, 1.807) is 14.2 Å². The fraction of sp³-hybridized carbons (Fsp3) is 0.353. The van der Waals surface area contributed by atoms with Gasteiger partial charge in [-0.05, 0) is 44.5 Å². The second-order valence-corrected chi connectivity index (χ2v) is 6.41. The van der Waals surface area contributed by atoms with Gasteiger partial charge in [0.05, 0.1) is 25.1 Å². The van der Waals surface area contributed by atoms with Crippen molar-refractivity contribution in [2.75, 3.05) is 14.2 Å². The van der Waals surface area contributed by atoms with Gasteiger partial charge in [0.1, 0.15) is 11.5 Å². The number of aryl methyl sites for hydroxylation is 2. The van der Waals surface area contributed by atoms with Gasteiger partial charge in [-0.3, -0.25) is 4.79 Å². The van der Waals surface area contributed by atoms with Gasteiger partial charge in [-0.15, -0.1) is 11.3 Å². The highest BCUT2D eigenvalue weighted by Gasteiger charge is 2.17. The number of ether oxygens (including phenoxy) is 2. The lowest BCUT2D eigenvalue weighted by Crippen LogP contribution is -2.26. The number of hydrogen-bond acceptors (Lipinski definition) is 4. The minimum Gasteiger partial charge on any atom is -0.497 e. The zero-order valence-electron chi connectivity index (χ0n) is 13.5. The standard InChI is InChI=1S/C17H21NO3S/c1-10-8-16(22-12(10)3)17(19)18-11(2)14-7-6-13(20-4)9-15(14)21-5/h6-9,11H,1-5H3,(H,18,19). The van der Waals surface area contributed by atoms with Crippen molar-refractivity contribution in [2.24, 2.45) is 0 Å². The minimum atomic E-state index is -0.156. The van der Waals surface area contributed by atoms with Crippen LogP contribution in [0, 0.1) is 13.8 Å². The molecule has 5 heteroatoms. The summed E-state index contributed by atoms with van der Waals surface area (Å²) in [6.45, 7) is 5.97. The molecule has 118 valence electrons. The van der Waals surface area contributed by atoms with Crippen molar-refractivity contribution in [3.8, 4) is 11.5 Å². The van der Waals surface area contributed by atoms with Crippen molar-refractivity contribution >= 4 is 17.2 Å². The molecule has 2 aromatic rings. The first kappa shape index (κ1) is 16.4. The molecule has 0 radical (unpaired) electrons. The van der Waals surface area contributed by atoms with E-state index in [2.05, 4.69) is 5.32 Å². The zero-order chi connectivity index (χ0) is 16.3. The van der Waals surface area contributed by atoms with Crippen LogP contribution in [0.25, 0.3) is 0 Å². The molecule has 0 spiro atoms. The molecule has 22 heavy (non-hydrogen) atoms. The van der Waals surface area contributed by atoms with Gasteiger partial charge in [-0.1, -0.05) is 0 Å². The van der Waals surface area contributed by atoms with E-state index in [1.165, 1.54) is 16.2 Å². The summed E-state index contributed by atoms with van der Waals surface area (Å²) in [7, 11) is 3.22. The van der Waals surface area contributed by atoms with E-state index in [9.17, 15) is 4.79 Å². The Hall–Kier alpha value is -2.01. The first-order valence-corrected chi connectivity index (χ1v) is 7.87. The molecule has 0 aliphatic carbocycles. The Morgan fingerprint density at radius 1 is 1.18 bits per heavy atom. The zero-order valence-corrected chi connectivity index (χ0v) is 14.3. The number of methoxy groups -OCH3 is 2. The Balaban J connectivity index is 2.18. The van der Waals surface area contributed by atoms with Crippen molar-refractivity contribution in [3.05, 3.63) is 45.1 Å². The second kappa shape index (κ2) is 6.83. The van der Waals surface area contributed by atoms with Crippen LogP contribution in [0.3, 0.4) is 0 Å². The molecule has 0 aliphatic heterocycles. The molecule has 1 amide bonds. The quantitative estimate of drug-likeness (QED) is 0.910. The molecule has 1 heterocycles. The Kier molecular flexibility index (Phi) is 5.08. The van der Waals surface area contributed by atoms with Crippen LogP contribution < -0.4 is 14.8 Å². The van der Waals surface area contributed by atoms with Crippen LogP contribution in [-0.2, 0) is 0 Å². The summed E-state index contributed by atoms with van der Waals surface area (Å²) in [5.74, 6) is 1.36. The van der Waals surface area contributed by atoms with Gasteiger partial charge in [0.25, 0.3) is 5.91 Å². The van der Waals surface area contributed by atoms with Crippen LogP contribution in [0.5, 0.6) is 11.5 Å². The van der Waals surface area contributed by atoms with E-state index in [-0.39, 0.29) is 11.9 Å². The number of rotatable bonds is 5. The molecule has 2 rings (SSSR count). The highest BCUT2D eigenvalue weighted by atomic mass is 32.1. The molecule has 0 aliphatic rings. The molecule has 1 aromatic carbocycles. The summed E-state index contributed by atoms with van der Waals surface area (Å²) in [5, 5.41) is 3.02. The maximum atomic E-state index is 12.4. The molecule has 1 unspecified atom stereocenters. The fourth-order valence-electron chi connectivity index (χ4n) is 2.21. The minimum absolute atomic E-state index is 0.0634. The van der Waals surface area contributed by atoms with Crippen molar-refractivity contribution in [1.29, 1.82) is 0 Å². The topological polar surface area (TPSA) is 47.6 Å². The monoisotopic (exact) mass is 319 g/mol. The third-order valence-corrected chi connectivity index (χ3v) is 4.80. The predicted molar refractivity (Wildman–Crippen MR) is 89.2 cm³/mol. The lowest BCUT2D eigenvalue weighted by Gasteiger charge is -2.17. The molecule has 1 N–H and O–H groups in total. The Bertz CT molecular complexity index is 659. The van der Waals surface area contributed by atoms with Gasteiger partial charge in [0.15, 0.2) is 0 Å². The molecule has 4 nitrogen and oxygen atoms in total. The third kappa shape index (κ3) is 3.42. The summed E-state index contributed by atoms with van der Waals surface area (Å²) < 4.78 is 10.6. The van der Waals surface area contributed by atoms with E-state index in [0.29, 0.717) is 5.75 Å².